The third-order valence-electron chi connectivity index (χ3n) is 3.40. The highest BCUT2D eigenvalue weighted by molar-refractivity contribution is 5.78. The fraction of sp³-hybridized carbons (Fsp3) is 0.500. The van der Waals surface area contributed by atoms with Gasteiger partial charge in [-0.3, -0.25) is 20.2 Å². The van der Waals surface area contributed by atoms with Crippen molar-refractivity contribution in [3.8, 4) is 0 Å². The third kappa shape index (κ3) is 7.19. The summed E-state index contributed by atoms with van der Waals surface area (Å²) < 4.78 is 0. The zero-order valence-corrected chi connectivity index (χ0v) is 13.0. The van der Waals surface area contributed by atoms with E-state index in [1.54, 1.807) is 0 Å². The number of hydrogen-bond acceptors (Lipinski definition) is 4. The lowest BCUT2D eigenvalue weighted by Crippen LogP contribution is -2.44. The van der Waals surface area contributed by atoms with Crippen molar-refractivity contribution in [1.29, 1.82) is 0 Å². The molecule has 0 aliphatic rings. The highest BCUT2D eigenvalue weighted by Crippen LogP contribution is 2.11. The first-order chi connectivity index (χ1) is 10.7. The van der Waals surface area contributed by atoms with Crippen molar-refractivity contribution in [2.45, 2.75) is 39.2 Å². The van der Waals surface area contributed by atoms with Crippen molar-refractivity contribution >= 4 is 12.3 Å². The molecule has 1 atom stereocenters. The van der Waals surface area contributed by atoms with Gasteiger partial charge in [-0.2, -0.15) is 0 Å². The Morgan fingerprint density at radius 2 is 2.05 bits per heavy atom. The Bertz CT molecular complexity index is 440. The van der Waals surface area contributed by atoms with E-state index in [2.05, 4.69) is 17.8 Å². The first kappa shape index (κ1) is 18.1. The van der Waals surface area contributed by atoms with Gasteiger partial charge in [0, 0.05) is 6.54 Å². The van der Waals surface area contributed by atoms with Gasteiger partial charge in [0.1, 0.15) is 0 Å². The largest absolute Gasteiger partial charge is 0.291 e. The first-order valence-corrected chi connectivity index (χ1v) is 7.64. The second kappa shape index (κ2) is 10.8. The normalized spacial score (nSPS) is 11.7. The molecule has 1 aromatic carbocycles. The molecule has 0 saturated heterocycles. The highest BCUT2D eigenvalue weighted by atomic mass is 16.5. The van der Waals surface area contributed by atoms with Crippen LogP contribution >= 0.6 is 0 Å². The minimum Gasteiger partial charge on any atom is -0.291 e. The van der Waals surface area contributed by atoms with Crippen molar-refractivity contribution < 1.29 is 14.8 Å². The number of amides is 2. The minimum absolute atomic E-state index is 0.00602. The van der Waals surface area contributed by atoms with Gasteiger partial charge in [0.25, 0.3) is 0 Å². The van der Waals surface area contributed by atoms with E-state index >= 15 is 0 Å². The monoisotopic (exact) mass is 307 g/mol. The predicted octanol–water partition coefficient (Wildman–Crippen LogP) is 1.85. The molecule has 0 heterocycles. The van der Waals surface area contributed by atoms with Crippen molar-refractivity contribution in [2.75, 3.05) is 6.54 Å². The summed E-state index contributed by atoms with van der Waals surface area (Å²) in [6.45, 7) is 2.61. The van der Waals surface area contributed by atoms with Crippen LogP contribution < -0.4 is 10.9 Å². The molecule has 1 rings (SSSR count). The number of benzene rings is 1. The smallest absolute Gasteiger partial charge is 0.239 e. The standard InChI is InChI=1S/C16H25N3O3/c1-2-3-5-10-15(12-19(22)13-20)16(21)18-17-11-14-8-6-4-7-9-14/h4,6-9,13,15,17,22H,2-3,5,10-12H2,1H3,(H,18,21)/t15-/m0/s1. The lowest BCUT2D eigenvalue weighted by molar-refractivity contribution is -0.154. The number of nitrogens with zero attached hydrogens (tertiary/aromatic N) is 1. The predicted molar refractivity (Wildman–Crippen MR) is 83.6 cm³/mol. The summed E-state index contributed by atoms with van der Waals surface area (Å²) in [5.41, 5.74) is 6.58. The van der Waals surface area contributed by atoms with Crippen LogP contribution in [-0.4, -0.2) is 29.1 Å². The van der Waals surface area contributed by atoms with Crippen molar-refractivity contribution in [2.24, 2.45) is 5.92 Å². The van der Waals surface area contributed by atoms with Gasteiger partial charge in [0.05, 0.1) is 12.5 Å². The van der Waals surface area contributed by atoms with Crippen LogP contribution in [0.15, 0.2) is 30.3 Å². The molecule has 0 unspecified atom stereocenters. The molecule has 0 spiro atoms. The average molecular weight is 307 g/mol. The van der Waals surface area contributed by atoms with Crippen LogP contribution in [0.5, 0.6) is 0 Å². The molecule has 0 fully saturated rings. The summed E-state index contributed by atoms with van der Waals surface area (Å²) in [6, 6.07) is 9.71. The summed E-state index contributed by atoms with van der Waals surface area (Å²) in [5.74, 6) is -0.641. The zero-order chi connectivity index (χ0) is 16.2. The molecule has 0 saturated carbocycles. The summed E-state index contributed by atoms with van der Waals surface area (Å²) in [7, 11) is 0. The first-order valence-electron chi connectivity index (χ1n) is 7.64. The number of hydrogen-bond donors (Lipinski definition) is 3. The Labute approximate surface area is 131 Å². The molecule has 22 heavy (non-hydrogen) atoms. The van der Waals surface area contributed by atoms with Crippen LogP contribution in [-0.2, 0) is 16.1 Å². The number of hydroxylamine groups is 2. The lowest BCUT2D eigenvalue weighted by Gasteiger charge is -2.19. The molecule has 1 aromatic rings. The Balaban J connectivity index is 2.42. The average Bonchev–Trinajstić information content (AvgIpc) is 2.54. The van der Waals surface area contributed by atoms with Crippen molar-refractivity contribution in [1.82, 2.24) is 15.9 Å². The Hall–Kier alpha value is -1.92. The molecule has 6 nitrogen and oxygen atoms in total. The molecule has 0 aliphatic carbocycles. The van der Waals surface area contributed by atoms with E-state index in [9.17, 15) is 14.8 Å². The number of carbonyl (C=O) groups excluding carboxylic acids is 2. The van der Waals surface area contributed by atoms with E-state index < -0.39 is 5.92 Å². The summed E-state index contributed by atoms with van der Waals surface area (Å²) in [6.07, 6.45) is 3.92. The minimum atomic E-state index is -0.426. The Kier molecular flexibility index (Phi) is 8.86. The maximum atomic E-state index is 12.2. The molecule has 122 valence electrons. The topological polar surface area (TPSA) is 81.7 Å². The fourth-order valence-corrected chi connectivity index (χ4v) is 2.15. The van der Waals surface area contributed by atoms with Crippen LogP contribution in [0.4, 0.5) is 0 Å². The molecule has 3 N–H and O–H groups in total. The SMILES string of the molecule is CCCCC[C@@H](CN(O)C=O)C(=O)NNCc1ccccc1. The van der Waals surface area contributed by atoms with Crippen molar-refractivity contribution in [3.63, 3.8) is 0 Å². The van der Waals surface area contributed by atoms with E-state index in [0.29, 0.717) is 24.4 Å². The highest BCUT2D eigenvalue weighted by Gasteiger charge is 2.20. The van der Waals surface area contributed by atoms with Gasteiger partial charge in [0.15, 0.2) is 0 Å². The molecular formula is C16H25N3O3. The lowest BCUT2D eigenvalue weighted by atomic mass is 10.0. The maximum Gasteiger partial charge on any atom is 0.239 e. The summed E-state index contributed by atoms with van der Waals surface area (Å²) >= 11 is 0. The molecule has 0 aromatic heterocycles. The molecule has 0 radical (unpaired) electrons. The van der Waals surface area contributed by atoms with Gasteiger partial charge < -0.3 is 0 Å². The van der Waals surface area contributed by atoms with E-state index in [1.807, 2.05) is 30.3 Å². The zero-order valence-electron chi connectivity index (χ0n) is 13.0. The number of carbonyl (C=O) groups is 2. The van der Waals surface area contributed by atoms with E-state index in [4.69, 9.17) is 0 Å². The third-order valence-corrected chi connectivity index (χ3v) is 3.40. The number of rotatable bonds is 11. The Morgan fingerprint density at radius 3 is 2.68 bits per heavy atom. The van der Waals surface area contributed by atoms with Crippen LogP contribution in [0.3, 0.4) is 0 Å². The maximum absolute atomic E-state index is 12.2. The molecule has 2 amide bonds. The second-order valence-electron chi connectivity index (χ2n) is 5.25. The van der Waals surface area contributed by atoms with Crippen LogP contribution in [0.1, 0.15) is 38.2 Å². The van der Waals surface area contributed by atoms with Crippen molar-refractivity contribution in [3.05, 3.63) is 35.9 Å². The van der Waals surface area contributed by atoms with Gasteiger partial charge in [-0.25, -0.2) is 10.5 Å². The molecular weight excluding hydrogens is 282 g/mol. The summed E-state index contributed by atoms with van der Waals surface area (Å²) in [4.78, 5) is 22.7. The van der Waals surface area contributed by atoms with E-state index in [0.717, 1.165) is 24.8 Å². The van der Waals surface area contributed by atoms with E-state index in [1.165, 1.54) is 0 Å². The number of unbranched alkanes of at least 4 members (excludes halogenated alkanes) is 2. The van der Waals surface area contributed by atoms with Crippen LogP contribution in [0, 0.1) is 5.92 Å². The Morgan fingerprint density at radius 1 is 1.32 bits per heavy atom. The van der Waals surface area contributed by atoms with Gasteiger partial charge >= 0.3 is 0 Å². The molecule has 6 heteroatoms. The molecule has 0 bridgehead atoms. The van der Waals surface area contributed by atoms with Gasteiger partial charge in [0.2, 0.25) is 12.3 Å². The van der Waals surface area contributed by atoms with Crippen LogP contribution in [0.25, 0.3) is 0 Å². The van der Waals surface area contributed by atoms with Crippen LogP contribution in [0.2, 0.25) is 0 Å². The van der Waals surface area contributed by atoms with E-state index in [-0.39, 0.29) is 12.5 Å². The molecule has 0 aliphatic heterocycles. The quantitative estimate of drug-likeness (QED) is 0.252. The fourth-order valence-electron chi connectivity index (χ4n) is 2.15. The summed E-state index contributed by atoms with van der Waals surface area (Å²) in [5, 5.41) is 9.82. The van der Waals surface area contributed by atoms with Gasteiger partial charge in [-0.1, -0.05) is 56.5 Å². The number of nitrogens with one attached hydrogen (secondary N) is 2. The number of hydrazine groups is 1. The van der Waals surface area contributed by atoms with Gasteiger partial charge in [-0.05, 0) is 12.0 Å². The second-order valence-corrected chi connectivity index (χ2v) is 5.25. The van der Waals surface area contributed by atoms with Gasteiger partial charge in [-0.15, -0.1) is 0 Å².